The first kappa shape index (κ1) is 12.2. The third-order valence-corrected chi connectivity index (χ3v) is 2.85. The zero-order valence-corrected chi connectivity index (χ0v) is 9.87. The molecular weight excluding hydrogens is 184 g/mol. The van der Waals surface area contributed by atoms with Crippen LogP contribution in [0.15, 0.2) is 24.3 Å². The lowest BCUT2D eigenvalue weighted by Crippen LogP contribution is -2.31. The molecule has 84 valence electrons. The van der Waals surface area contributed by atoms with Gasteiger partial charge in [-0.15, -0.1) is 0 Å². The lowest BCUT2D eigenvalue weighted by molar-refractivity contribution is 0.300. The van der Waals surface area contributed by atoms with Crippen LogP contribution in [0.4, 0.5) is 0 Å². The van der Waals surface area contributed by atoms with Crippen LogP contribution in [-0.4, -0.2) is 31.1 Å². The van der Waals surface area contributed by atoms with Gasteiger partial charge in [-0.05, 0) is 31.0 Å². The van der Waals surface area contributed by atoms with E-state index in [1.807, 2.05) is 0 Å². The minimum absolute atomic E-state index is 0.752. The van der Waals surface area contributed by atoms with Gasteiger partial charge in [-0.25, -0.2) is 0 Å². The predicted octanol–water partition coefficient (Wildman–Crippen LogP) is 1.82. The fourth-order valence-electron chi connectivity index (χ4n) is 1.78. The smallest absolute Gasteiger partial charge is 0.0105 e. The fraction of sp³-hybridized carbons (Fsp3) is 0.538. The van der Waals surface area contributed by atoms with Crippen LogP contribution in [0.1, 0.15) is 18.1 Å². The molecule has 2 nitrogen and oxygen atoms in total. The monoisotopic (exact) mass is 206 g/mol. The van der Waals surface area contributed by atoms with E-state index in [0.29, 0.717) is 0 Å². The van der Waals surface area contributed by atoms with Gasteiger partial charge in [0.15, 0.2) is 0 Å². The molecule has 0 heterocycles. The van der Waals surface area contributed by atoms with Gasteiger partial charge in [0, 0.05) is 19.6 Å². The Morgan fingerprint density at radius 3 is 2.53 bits per heavy atom. The molecule has 0 saturated carbocycles. The number of nitrogens with two attached hydrogens (primary N) is 1. The van der Waals surface area contributed by atoms with Crippen molar-refractivity contribution in [2.45, 2.75) is 20.3 Å². The lowest BCUT2D eigenvalue weighted by Gasteiger charge is -2.19. The summed E-state index contributed by atoms with van der Waals surface area (Å²) in [4.78, 5) is 2.40. The highest BCUT2D eigenvalue weighted by Crippen LogP contribution is 2.08. The van der Waals surface area contributed by atoms with Crippen molar-refractivity contribution in [3.8, 4) is 0 Å². The van der Waals surface area contributed by atoms with Crippen LogP contribution in [0, 0.1) is 6.92 Å². The first-order valence-corrected chi connectivity index (χ1v) is 5.74. The van der Waals surface area contributed by atoms with Crippen molar-refractivity contribution in [2.24, 2.45) is 5.73 Å². The van der Waals surface area contributed by atoms with Crippen molar-refractivity contribution in [2.75, 3.05) is 26.2 Å². The van der Waals surface area contributed by atoms with Gasteiger partial charge in [0.2, 0.25) is 0 Å². The SMILES string of the molecule is CCN(CCN)CCc1ccccc1C. The summed E-state index contributed by atoms with van der Waals surface area (Å²) in [6.07, 6.45) is 1.13. The second-order valence-electron chi connectivity index (χ2n) is 3.90. The van der Waals surface area contributed by atoms with E-state index in [1.54, 1.807) is 0 Å². The largest absolute Gasteiger partial charge is 0.329 e. The van der Waals surface area contributed by atoms with Gasteiger partial charge >= 0.3 is 0 Å². The van der Waals surface area contributed by atoms with Gasteiger partial charge in [0.1, 0.15) is 0 Å². The van der Waals surface area contributed by atoms with E-state index in [1.165, 1.54) is 11.1 Å². The summed E-state index contributed by atoms with van der Waals surface area (Å²) < 4.78 is 0. The number of nitrogens with zero attached hydrogens (tertiary/aromatic N) is 1. The summed E-state index contributed by atoms with van der Waals surface area (Å²) in [5, 5.41) is 0. The molecule has 0 unspecified atom stereocenters. The third kappa shape index (κ3) is 4.02. The summed E-state index contributed by atoms with van der Waals surface area (Å²) in [6.45, 7) is 8.31. The van der Waals surface area contributed by atoms with Crippen molar-refractivity contribution in [1.82, 2.24) is 4.90 Å². The van der Waals surface area contributed by atoms with Gasteiger partial charge in [0.25, 0.3) is 0 Å². The number of benzene rings is 1. The van der Waals surface area contributed by atoms with Crippen LogP contribution in [0.5, 0.6) is 0 Å². The van der Waals surface area contributed by atoms with Gasteiger partial charge in [-0.3, -0.25) is 0 Å². The zero-order valence-electron chi connectivity index (χ0n) is 9.87. The van der Waals surface area contributed by atoms with Gasteiger partial charge in [0.05, 0.1) is 0 Å². The lowest BCUT2D eigenvalue weighted by atomic mass is 10.1. The van der Waals surface area contributed by atoms with Crippen LogP contribution in [0.2, 0.25) is 0 Å². The average Bonchev–Trinajstić information content (AvgIpc) is 2.26. The topological polar surface area (TPSA) is 29.3 Å². The maximum atomic E-state index is 5.56. The van der Waals surface area contributed by atoms with E-state index in [9.17, 15) is 0 Å². The Balaban J connectivity index is 2.45. The standard InChI is InChI=1S/C13H22N2/c1-3-15(11-9-14)10-8-13-7-5-4-6-12(13)2/h4-7H,3,8-11,14H2,1-2H3. The van der Waals surface area contributed by atoms with Crippen molar-refractivity contribution in [3.05, 3.63) is 35.4 Å². The molecule has 0 fully saturated rings. The van der Waals surface area contributed by atoms with Gasteiger partial charge in [-0.2, -0.15) is 0 Å². The molecule has 0 aliphatic rings. The maximum absolute atomic E-state index is 5.56. The van der Waals surface area contributed by atoms with Crippen LogP contribution in [0.25, 0.3) is 0 Å². The number of aryl methyl sites for hydroxylation is 1. The Hall–Kier alpha value is -0.860. The highest BCUT2D eigenvalue weighted by molar-refractivity contribution is 5.25. The van der Waals surface area contributed by atoms with Crippen LogP contribution >= 0.6 is 0 Å². The minimum atomic E-state index is 0.752. The molecule has 0 aromatic heterocycles. The molecule has 1 aromatic rings. The van der Waals surface area contributed by atoms with E-state index >= 15 is 0 Å². The van der Waals surface area contributed by atoms with Gasteiger partial charge in [-0.1, -0.05) is 31.2 Å². The molecule has 0 saturated heterocycles. The van der Waals surface area contributed by atoms with E-state index in [2.05, 4.69) is 43.0 Å². The fourth-order valence-corrected chi connectivity index (χ4v) is 1.78. The van der Waals surface area contributed by atoms with E-state index in [-0.39, 0.29) is 0 Å². The predicted molar refractivity (Wildman–Crippen MR) is 66.1 cm³/mol. The average molecular weight is 206 g/mol. The zero-order chi connectivity index (χ0) is 11.1. The Labute approximate surface area is 93.1 Å². The molecule has 0 spiro atoms. The molecule has 2 N–H and O–H groups in total. The van der Waals surface area contributed by atoms with Crippen molar-refractivity contribution in [3.63, 3.8) is 0 Å². The number of likely N-dealkylation sites (N-methyl/N-ethyl adjacent to an activating group) is 1. The van der Waals surface area contributed by atoms with Crippen LogP contribution < -0.4 is 5.73 Å². The van der Waals surface area contributed by atoms with Crippen molar-refractivity contribution >= 4 is 0 Å². The molecule has 0 aliphatic heterocycles. The summed E-state index contributed by atoms with van der Waals surface area (Å²) in [7, 11) is 0. The van der Waals surface area contributed by atoms with Crippen molar-refractivity contribution in [1.29, 1.82) is 0 Å². The first-order chi connectivity index (χ1) is 7.27. The highest BCUT2D eigenvalue weighted by Gasteiger charge is 2.02. The van der Waals surface area contributed by atoms with E-state index < -0.39 is 0 Å². The Morgan fingerprint density at radius 2 is 1.93 bits per heavy atom. The highest BCUT2D eigenvalue weighted by atomic mass is 15.1. The molecule has 1 rings (SSSR count). The molecule has 2 heteroatoms. The first-order valence-electron chi connectivity index (χ1n) is 5.74. The third-order valence-electron chi connectivity index (χ3n) is 2.85. The number of hydrogen-bond acceptors (Lipinski definition) is 2. The van der Waals surface area contributed by atoms with Gasteiger partial charge < -0.3 is 10.6 Å². The second kappa shape index (κ2) is 6.59. The van der Waals surface area contributed by atoms with E-state index in [4.69, 9.17) is 5.73 Å². The van der Waals surface area contributed by atoms with Crippen LogP contribution in [-0.2, 0) is 6.42 Å². The van der Waals surface area contributed by atoms with Crippen LogP contribution in [0.3, 0.4) is 0 Å². The summed E-state index contributed by atoms with van der Waals surface area (Å²) in [5.41, 5.74) is 8.40. The number of rotatable bonds is 6. The Kier molecular flexibility index (Phi) is 5.37. The molecule has 0 atom stereocenters. The molecule has 0 aliphatic carbocycles. The van der Waals surface area contributed by atoms with E-state index in [0.717, 1.165) is 32.6 Å². The Bertz CT molecular complexity index is 284. The quantitative estimate of drug-likeness (QED) is 0.769. The molecular formula is C13H22N2. The molecule has 0 amide bonds. The molecule has 15 heavy (non-hydrogen) atoms. The summed E-state index contributed by atoms with van der Waals surface area (Å²) in [5.74, 6) is 0. The molecule has 0 bridgehead atoms. The molecule has 0 radical (unpaired) electrons. The second-order valence-corrected chi connectivity index (χ2v) is 3.90. The minimum Gasteiger partial charge on any atom is -0.329 e. The Morgan fingerprint density at radius 1 is 1.20 bits per heavy atom. The molecule has 1 aromatic carbocycles. The summed E-state index contributed by atoms with van der Waals surface area (Å²) >= 11 is 0. The summed E-state index contributed by atoms with van der Waals surface area (Å²) in [6, 6.07) is 8.60. The number of hydrogen-bond donors (Lipinski definition) is 1. The normalized spacial score (nSPS) is 10.9. The van der Waals surface area contributed by atoms with Crippen molar-refractivity contribution < 1.29 is 0 Å². The maximum Gasteiger partial charge on any atom is 0.0105 e.